The number of hydrogen-bond donors (Lipinski definition) is 1. The Morgan fingerprint density at radius 2 is 2.17 bits per heavy atom. The van der Waals surface area contributed by atoms with Gasteiger partial charge in [0.25, 0.3) is 0 Å². The highest BCUT2D eigenvalue weighted by molar-refractivity contribution is 5.04. The van der Waals surface area contributed by atoms with Crippen molar-refractivity contribution in [3.05, 3.63) is 11.7 Å². The average Bonchev–Trinajstić information content (AvgIpc) is 2.74. The first kappa shape index (κ1) is 13.5. The van der Waals surface area contributed by atoms with Crippen molar-refractivity contribution in [3.8, 4) is 0 Å². The van der Waals surface area contributed by atoms with Crippen LogP contribution in [0.15, 0.2) is 4.52 Å². The molecule has 0 spiro atoms. The van der Waals surface area contributed by atoms with E-state index < -0.39 is 0 Å². The van der Waals surface area contributed by atoms with E-state index in [2.05, 4.69) is 36.2 Å². The predicted molar refractivity (Wildman–Crippen MR) is 71.7 cm³/mol. The lowest BCUT2D eigenvalue weighted by atomic mass is 9.85. The van der Waals surface area contributed by atoms with Crippen LogP contribution in [-0.4, -0.2) is 22.7 Å². The molecule has 1 heterocycles. The average molecular weight is 251 g/mol. The molecule has 1 aliphatic rings. The Kier molecular flexibility index (Phi) is 4.75. The number of nitrogens with zero attached hydrogens (tertiary/aromatic N) is 2. The molecule has 4 heteroatoms. The van der Waals surface area contributed by atoms with Gasteiger partial charge in [-0.3, -0.25) is 0 Å². The zero-order chi connectivity index (χ0) is 13.0. The van der Waals surface area contributed by atoms with Crippen LogP contribution >= 0.6 is 0 Å². The second-order valence-electron chi connectivity index (χ2n) is 5.38. The molecule has 0 aliphatic heterocycles. The molecule has 1 aromatic heterocycles. The van der Waals surface area contributed by atoms with E-state index in [1.54, 1.807) is 0 Å². The molecule has 0 radical (unpaired) electrons. The second kappa shape index (κ2) is 6.32. The van der Waals surface area contributed by atoms with Crippen LogP contribution in [0.25, 0.3) is 0 Å². The maximum absolute atomic E-state index is 5.47. The van der Waals surface area contributed by atoms with Crippen molar-refractivity contribution in [1.29, 1.82) is 0 Å². The lowest BCUT2D eigenvalue weighted by Gasteiger charge is -2.22. The molecule has 18 heavy (non-hydrogen) atoms. The Hall–Kier alpha value is -0.900. The van der Waals surface area contributed by atoms with Gasteiger partial charge >= 0.3 is 0 Å². The van der Waals surface area contributed by atoms with Crippen molar-refractivity contribution < 1.29 is 4.52 Å². The predicted octanol–water partition coefficient (Wildman–Crippen LogP) is 3.22. The largest absolute Gasteiger partial charge is 0.339 e. The molecule has 4 nitrogen and oxygen atoms in total. The third kappa shape index (κ3) is 2.91. The van der Waals surface area contributed by atoms with Crippen LogP contribution in [0.5, 0.6) is 0 Å². The van der Waals surface area contributed by atoms with Crippen LogP contribution in [0.3, 0.4) is 0 Å². The summed E-state index contributed by atoms with van der Waals surface area (Å²) in [7, 11) is 0. The van der Waals surface area contributed by atoms with Crippen LogP contribution in [0.1, 0.15) is 76.4 Å². The molecular weight excluding hydrogens is 226 g/mol. The summed E-state index contributed by atoms with van der Waals surface area (Å²) >= 11 is 0. The quantitative estimate of drug-likeness (QED) is 0.808. The van der Waals surface area contributed by atoms with Gasteiger partial charge in [0.15, 0.2) is 5.82 Å². The molecule has 1 aliphatic carbocycles. The Morgan fingerprint density at radius 3 is 2.72 bits per heavy atom. The Balaban J connectivity index is 1.99. The minimum Gasteiger partial charge on any atom is -0.339 e. The van der Waals surface area contributed by atoms with Gasteiger partial charge in [0.05, 0.1) is 5.92 Å². The molecule has 2 rings (SSSR count). The first-order valence-corrected chi connectivity index (χ1v) is 7.33. The summed E-state index contributed by atoms with van der Waals surface area (Å²) in [6.45, 7) is 7.61. The van der Waals surface area contributed by atoms with Crippen molar-refractivity contribution in [2.24, 2.45) is 0 Å². The standard InChI is InChI=1S/C14H25N3O/c1-4-9-15-10(3)12(5-2)14-16-13(17-18-14)11-7-6-8-11/h10-12,15H,4-9H2,1-3H3. The van der Waals surface area contributed by atoms with Crippen LogP contribution in [-0.2, 0) is 0 Å². The smallest absolute Gasteiger partial charge is 0.231 e. The van der Waals surface area contributed by atoms with Crippen molar-refractivity contribution in [1.82, 2.24) is 15.5 Å². The van der Waals surface area contributed by atoms with Gasteiger partial charge in [0.1, 0.15) is 0 Å². The molecule has 0 aromatic carbocycles. The maximum atomic E-state index is 5.47. The highest BCUT2D eigenvalue weighted by atomic mass is 16.5. The molecule has 2 atom stereocenters. The Morgan fingerprint density at radius 1 is 1.39 bits per heavy atom. The molecule has 0 amide bonds. The lowest BCUT2D eigenvalue weighted by Crippen LogP contribution is -2.32. The highest BCUT2D eigenvalue weighted by Crippen LogP contribution is 2.35. The molecule has 0 saturated heterocycles. The summed E-state index contributed by atoms with van der Waals surface area (Å²) < 4.78 is 5.47. The normalized spacial score (nSPS) is 19.5. The minimum atomic E-state index is 0.331. The van der Waals surface area contributed by atoms with Crippen LogP contribution in [0, 0.1) is 0 Å². The van der Waals surface area contributed by atoms with Gasteiger partial charge < -0.3 is 9.84 Å². The molecule has 1 aromatic rings. The van der Waals surface area contributed by atoms with E-state index in [4.69, 9.17) is 4.52 Å². The molecular formula is C14H25N3O. The SMILES string of the molecule is CCCNC(C)C(CC)c1nc(C2CCC2)no1. The highest BCUT2D eigenvalue weighted by Gasteiger charge is 2.28. The number of rotatable bonds is 7. The summed E-state index contributed by atoms with van der Waals surface area (Å²) in [6.07, 6.45) is 5.93. The van der Waals surface area contributed by atoms with E-state index in [0.717, 1.165) is 31.1 Å². The molecule has 2 unspecified atom stereocenters. The van der Waals surface area contributed by atoms with Gasteiger partial charge in [-0.25, -0.2) is 0 Å². The molecule has 1 saturated carbocycles. The maximum Gasteiger partial charge on any atom is 0.231 e. The number of hydrogen-bond acceptors (Lipinski definition) is 4. The van der Waals surface area contributed by atoms with Crippen molar-refractivity contribution in [2.75, 3.05) is 6.54 Å². The van der Waals surface area contributed by atoms with Crippen LogP contribution in [0.4, 0.5) is 0 Å². The Bertz CT molecular complexity index is 360. The monoisotopic (exact) mass is 251 g/mol. The summed E-state index contributed by atoms with van der Waals surface area (Å²) in [5, 5.41) is 7.68. The lowest BCUT2D eigenvalue weighted by molar-refractivity contribution is 0.308. The van der Waals surface area contributed by atoms with E-state index in [0.29, 0.717) is 17.9 Å². The first-order chi connectivity index (χ1) is 8.76. The minimum absolute atomic E-state index is 0.331. The second-order valence-corrected chi connectivity index (χ2v) is 5.38. The zero-order valence-electron chi connectivity index (χ0n) is 11.8. The fraction of sp³-hybridized carbons (Fsp3) is 0.857. The summed E-state index contributed by atoms with van der Waals surface area (Å²) in [4.78, 5) is 4.61. The number of nitrogens with one attached hydrogen (secondary N) is 1. The Labute approximate surface area is 110 Å². The van der Waals surface area contributed by atoms with Crippen molar-refractivity contribution in [3.63, 3.8) is 0 Å². The van der Waals surface area contributed by atoms with Crippen LogP contribution in [0.2, 0.25) is 0 Å². The van der Waals surface area contributed by atoms with Gasteiger partial charge in [-0.2, -0.15) is 4.98 Å². The fourth-order valence-corrected chi connectivity index (χ4v) is 2.49. The van der Waals surface area contributed by atoms with E-state index in [1.807, 2.05) is 0 Å². The van der Waals surface area contributed by atoms with Crippen molar-refractivity contribution in [2.45, 2.75) is 70.8 Å². The van der Waals surface area contributed by atoms with Gasteiger partial charge in [-0.05, 0) is 39.2 Å². The summed E-state index contributed by atoms with van der Waals surface area (Å²) in [6, 6.07) is 0.393. The van der Waals surface area contributed by atoms with Gasteiger partial charge in [-0.15, -0.1) is 0 Å². The van der Waals surface area contributed by atoms with E-state index >= 15 is 0 Å². The third-order valence-electron chi connectivity index (χ3n) is 4.00. The first-order valence-electron chi connectivity index (χ1n) is 7.33. The summed E-state index contributed by atoms with van der Waals surface area (Å²) in [5.74, 6) is 2.63. The topological polar surface area (TPSA) is 51.0 Å². The van der Waals surface area contributed by atoms with Crippen LogP contribution < -0.4 is 5.32 Å². The molecule has 1 fully saturated rings. The summed E-state index contributed by atoms with van der Waals surface area (Å²) in [5.41, 5.74) is 0. The zero-order valence-corrected chi connectivity index (χ0v) is 11.8. The molecule has 0 bridgehead atoms. The van der Waals surface area contributed by atoms with E-state index in [-0.39, 0.29) is 0 Å². The van der Waals surface area contributed by atoms with Crippen molar-refractivity contribution >= 4 is 0 Å². The molecule has 1 N–H and O–H groups in total. The third-order valence-corrected chi connectivity index (χ3v) is 4.00. The van der Waals surface area contributed by atoms with E-state index in [9.17, 15) is 0 Å². The fourth-order valence-electron chi connectivity index (χ4n) is 2.49. The van der Waals surface area contributed by atoms with Gasteiger partial charge in [-0.1, -0.05) is 25.4 Å². The molecule has 102 valence electrons. The number of aromatic nitrogens is 2. The van der Waals surface area contributed by atoms with E-state index in [1.165, 1.54) is 19.3 Å². The van der Waals surface area contributed by atoms with Gasteiger partial charge in [0, 0.05) is 12.0 Å². The van der Waals surface area contributed by atoms with Gasteiger partial charge in [0.2, 0.25) is 5.89 Å².